The number of ether oxygens (including phenoxy) is 1. The third kappa shape index (κ3) is 5.34. The van der Waals surface area contributed by atoms with Gasteiger partial charge in [0, 0.05) is 19.2 Å². The van der Waals surface area contributed by atoms with Gasteiger partial charge < -0.3 is 20.7 Å². The Kier molecular flexibility index (Phi) is 7.06. The van der Waals surface area contributed by atoms with Gasteiger partial charge in [0.25, 0.3) is 0 Å². The predicted molar refractivity (Wildman–Crippen MR) is 130 cm³/mol. The number of carbonyl (C=O) groups is 3. The molecule has 3 amide bonds. The Morgan fingerprint density at radius 3 is 2.33 bits per heavy atom. The van der Waals surface area contributed by atoms with Crippen LogP contribution in [0.1, 0.15) is 33.3 Å². The number of nitrogens with zero attached hydrogens (tertiary/aromatic N) is 2. The zero-order chi connectivity index (χ0) is 24.3. The lowest BCUT2D eigenvalue weighted by molar-refractivity contribution is -0.117. The van der Waals surface area contributed by atoms with Crippen LogP contribution in [0.4, 0.5) is 16.2 Å². The predicted octanol–water partition coefficient (Wildman–Crippen LogP) is 3.51. The molecular formula is C25H30N4O4. The van der Waals surface area contributed by atoms with E-state index < -0.39 is 12.0 Å². The number of hydrogen-bond acceptors (Lipinski definition) is 5. The average Bonchev–Trinajstić information content (AvgIpc) is 2.75. The summed E-state index contributed by atoms with van der Waals surface area (Å²) in [6.07, 6.45) is -0.695. The van der Waals surface area contributed by atoms with Gasteiger partial charge in [-0.25, -0.2) is 4.79 Å². The molecule has 0 saturated heterocycles. The molecule has 1 aliphatic rings. The Labute approximate surface area is 194 Å². The Hall–Kier alpha value is -3.81. The number of primary amides is 1. The van der Waals surface area contributed by atoms with E-state index >= 15 is 0 Å². The number of benzene rings is 2. The van der Waals surface area contributed by atoms with Crippen molar-refractivity contribution in [2.75, 3.05) is 22.9 Å². The maximum atomic E-state index is 12.8. The fourth-order valence-corrected chi connectivity index (χ4v) is 3.88. The van der Waals surface area contributed by atoms with Crippen molar-refractivity contribution in [1.82, 2.24) is 5.32 Å². The van der Waals surface area contributed by atoms with Gasteiger partial charge in [0.15, 0.2) is 0 Å². The molecule has 0 aromatic heterocycles. The first-order valence-electron chi connectivity index (χ1n) is 10.8. The summed E-state index contributed by atoms with van der Waals surface area (Å²) in [6.45, 7) is 11.3. The molecular weight excluding hydrogens is 420 g/mol. The molecule has 0 spiro atoms. The first-order chi connectivity index (χ1) is 15.6. The first-order valence-corrected chi connectivity index (χ1v) is 10.8. The monoisotopic (exact) mass is 450 g/mol. The van der Waals surface area contributed by atoms with Crippen LogP contribution < -0.4 is 20.9 Å². The SMILES string of the molecule is C=C(NCC(N)=O)c1ccc(-c2ccc3c(c2)N(C(=O)OC(C)C)C[C@H](C)N3C(C)=O)cc1. The van der Waals surface area contributed by atoms with Crippen LogP contribution in [0.5, 0.6) is 0 Å². The molecule has 2 aromatic carbocycles. The Morgan fingerprint density at radius 1 is 1.12 bits per heavy atom. The van der Waals surface area contributed by atoms with Gasteiger partial charge in [0.1, 0.15) is 0 Å². The van der Waals surface area contributed by atoms with Gasteiger partial charge in [-0.2, -0.15) is 0 Å². The van der Waals surface area contributed by atoms with Crippen molar-refractivity contribution >= 4 is 35.0 Å². The van der Waals surface area contributed by atoms with Crippen molar-refractivity contribution in [2.24, 2.45) is 5.73 Å². The molecule has 174 valence electrons. The minimum absolute atomic E-state index is 0.0127. The summed E-state index contributed by atoms with van der Waals surface area (Å²) in [5, 5.41) is 2.89. The third-order valence-electron chi connectivity index (χ3n) is 5.35. The van der Waals surface area contributed by atoms with Gasteiger partial charge in [-0.05, 0) is 49.6 Å². The molecule has 1 atom stereocenters. The van der Waals surface area contributed by atoms with E-state index in [1.54, 1.807) is 23.6 Å². The highest BCUT2D eigenvalue weighted by atomic mass is 16.6. The molecule has 0 radical (unpaired) electrons. The molecule has 0 bridgehead atoms. The summed E-state index contributed by atoms with van der Waals surface area (Å²) >= 11 is 0. The highest BCUT2D eigenvalue weighted by Crippen LogP contribution is 2.39. The van der Waals surface area contributed by atoms with Crippen molar-refractivity contribution in [3.8, 4) is 11.1 Å². The Bertz CT molecular complexity index is 1080. The van der Waals surface area contributed by atoms with Crippen LogP contribution in [0.3, 0.4) is 0 Å². The zero-order valence-electron chi connectivity index (χ0n) is 19.4. The fourth-order valence-electron chi connectivity index (χ4n) is 3.88. The lowest BCUT2D eigenvalue weighted by Gasteiger charge is -2.40. The van der Waals surface area contributed by atoms with Crippen LogP contribution in [-0.2, 0) is 14.3 Å². The zero-order valence-corrected chi connectivity index (χ0v) is 19.4. The first kappa shape index (κ1) is 23.8. The van der Waals surface area contributed by atoms with Gasteiger partial charge in [-0.1, -0.05) is 36.9 Å². The van der Waals surface area contributed by atoms with E-state index in [4.69, 9.17) is 10.5 Å². The molecule has 0 aliphatic carbocycles. The lowest BCUT2D eigenvalue weighted by Crippen LogP contribution is -2.51. The normalized spacial score (nSPS) is 15.1. The number of nitrogens with one attached hydrogen (secondary N) is 1. The second-order valence-electron chi connectivity index (χ2n) is 8.36. The van der Waals surface area contributed by atoms with Crippen LogP contribution >= 0.6 is 0 Å². The summed E-state index contributed by atoms with van der Waals surface area (Å²) in [4.78, 5) is 39.4. The standard InChI is InChI=1S/C25H30N4O4/c1-15(2)33-25(32)28-14-16(3)29(18(5)30)22-11-10-21(12-23(22)28)20-8-6-19(7-9-20)17(4)27-13-24(26)31/h6-12,15-16,27H,4,13-14H2,1-3,5H3,(H2,26,31)/t16-/m0/s1. The molecule has 0 saturated carbocycles. The van der Waals surface area contributed by atoms with Crippen LogP contribution in [0.15, 0.2) is 49.0 Å². The number of carbonyl (C=O) groups excluding carboxylic acids is 3. The maximum Gasteiger partial charge on any atom is 0.414 e. The second-order valence-corrected chi connectivity index (χ2v) is 8.36. The number of nitrogens with two attached hydrogens (primary N) is 1. The summed E-state index contributed by atoms with van der Waals surface area (Å²) in [6, 6.07) is 13.1. The quantitative estimate of drug-likeness (QED) is 0.701. The van der Waals surface area contributed by atoms with E-state index in [1.807, 2.05) is 49.4 Å². The van der Waals surface area contributed by atoms with Crippen molar-refractivity contribution in [2.45, 2.75) is 39.8 Å². The minimum atomic E-state index is -0.462. The number of rotatable bonds is 6. The van der Waals surface area contributed by atoms with Gasteiger partial charge in [-0.3, -0.25) is 14.5 Å². The van der Waals surface area contributed by atoms with E-state index in [9.17, 15) is 14.4 Å². The van der Waals surface area contributed by atoms with E-state index in [2.05, 4.69) is 11.9 Å². The molecule has 3 N–H and O–H groups in total. The minimum Gasteiger partial charge on any atom is -0.446 e. The van der Waals surface area contributed by atoms with Gasteiger partial charge >= 0.3 is 6.09 Å². The smallest absolute Gasteiger partial charge is 0.414 e. The molecule has 8 heteroatoms. The van der Waals surface area contributed by atoms with Crippen molar-refractivity contribution in [3.63, 3.8) is 0 Å². The topological polar surface area (TPSA) is 105 Å². The Morgan fingerprint density at radius 2 is 1.76 bits per heavy atom. The highest BCUT2D eigenvalue weighted by Gasteiger charge is 2.34. The van der Waals surface area contributed by atoms with E-state index in [0.717, 1.165) is 16.7 Å². The number of fused-ring (bicyclic) bond motifs is 1. The third-order valence-corrected chi connectivity index (χ3v) is 5.35. The molecule has 33 heavy (non-hydrogen) atoms. The van der Waals surface area contributed by atoms with Crippen molar-refractivity contribution in [3.05, 3.63) is 54.6 Å². The highest BCUT2D eigenvalue weighted by molar-refractivity contribution is 6.03. The molecule has 1 aliphatic heterocycles. The van der Waals surface area contributed by atoms with Crippen LogP contribution in [0.2, 0.25) is 0 Å². The summed E-state index contributed by atoms with van der Waals surface area (Å²) in [7, 11) is 0. The molecule has 2 aromatic rings. The molecule has 0 unspecified atom stereocenters. The Balaban J connectivity index is 1.96. The second kappa shape index (κ2) is 9.77. The number of anilines is 2. The van der Waals surface area contributed by atoms with E-state index in [1.165, 1.54) is 6.92 Å². The van der Waals surface area contributed by atoms with E-state index in [-0.39, 0.29) is 24.6 Å². The van der Waals surface area contributed by atoms with Gasteiger partial charge in [0.2, 0.25) is 11.8 Å². The van der Waals surface area contributed by atoms with Crippen molar-refractivity contribution < 1.29 is 19.1 Å². The summed E-state index contributed by atoms with van der Waals surface area (Å²) < 4.78 is 5.45. The summed E-state index contributed by atoms with van der Waals surface area (Å²) in [5.74, 6) is -0.545. The van der Waals surface area contributed by atoms with Gasteiger partial charge in [0.05, 0.1) is 30.1 Å². The summed E-state index contributed by atoms with van der Waals surface area (Å²) in [5.41, 5.74) is 9.71. The maximum absolute atomic E-state index is 12.8. The van der Waals surface area contributed by atoms with Gasteiger partial charge in [-0.15, -0.1) is 0 Å². The number of amides is 3. The largest absolute Gasteiger partial charge is 0.446 e. The van der Waals surface area contributed by atoms with E-state index in [0.29, 0.717) is 23.6 Å². The van der Waals surface area contributed by atoms with Crippen LogP contribution in [0, 0.1) is 0 Å². The van der Waals surface area contributed by atoms with Crippen molar-refractivity contribution in [1.29, 1.82) is 0 Å². The van der Waals surface area contributed by atoms with Crippen LogP contribution in [0.25, 0.3) is 16.8 Å². The molecule has 0 fully saturated rings. The molecule has 3 rings (SSSR count). The molecule has 1 heterocycles. The average molecular weight is 451 g/mol. The molecule has 8 nitrogen and oxygen atoms in total. The fraction of sp³-hybridized carbons (Fsp3) is 0.320. The number of hydrogen-bond donors (Lipinski definition) is 2. The lowest BCUT2D eigenvalue weighted by atomic mass is 9.99. The van der Waals surface area contributed by atoms with Crippen LogP contribution in [-0.4, -0.2) is 43.1 Å².